The normalized spacial score (nSPS) is 25.6. The molecular formula is C12H23NO3. The lowest BCUT2D eigenvalue weighted by molar-refractivity contribution is -0.137. The van der Waals surface area contributed by atoms with E-state index in [1.54, 1.807) is 0 Å². The first-order valence-corrected chi connectivity index (χ1v) is 6.30. The lowest BCUT2D eigenvalue weighted by Gasteiger charge is -2.27. The average Bonchev–Trinajstić information content (AvgIpc) is 2.25. The van der Waals surface area contributed by atoms with Crippen LogP contribution in [0.25, 0.3) is 0 Å². The summed E-state index contributed by atoms with van der Waals surface area (Å²) in [5.41, 5.74) is 0. The summed E-state index contributed by atoms with van der Waals surface area (Å²) in [5, 5.41) is 21.5. The van der Waals surface area contributed by atoms with Gasteiger partial charge in [-0.1, -0.05) is 12.8 Å². The maximum atomic E-state index is 10.3. The third-order valence-corrected chi connectivity index (χ3v) is 3.27. The van der Waals surface area contributed by atoms with Gasteiger partial charge in [-0.25, -0.2) is 0 Å². The SMILES string of the molecule is O=C(O)CCCCNCC1CCCCC1O. The lowest BCUT2D eigenvalue weighted by atomic mass is 9.86. The topological polar surface area (TPSA) is 69.6 Å². The van der Waals surface area contributed by atoms with Crippen LogP contribution in [-0.4, -0.2) is 35.4 Å². The Balaban J connectivity index is 1.95. The van der Waals surface area contributed by atoms with Crippen molar-refractivity contribution in [3.63, 3.8) is 0 Å². The third kappa shape index (κ3) is 5.47. The van der Waals surface area contributed by atoms with E-state index in [9.17, 15) is 9.90 Å². The minimum absolute atomic E-state index is 0.139. The molecule has 1 aliphatic rings. The molecule has 3 N–H and O–H groups in total. The molecular weight excluding hydrogens is 206 g/mol. The van der Waals surface area contributed by atoms with Crippen LogP contribution in [0.3, 0.4) is 0 Å². The average molecular weight is 229 g/mol. The predicted molar refractivity (Wildman–Crippen MR) is 62.3 cm³/mol. The molecule has 0 spiro atoms. The van der Waals surface area contributed by atoms with Crippen LogP contribution in [0.5, 0.6) is 0 Å². The number of carbonyl (C=O) groups is 1. The minimum Gasteiger partial charge on any atom is -0.481 e. The zero-order valence-corrected chi connectivity index (χ0v) is 9.82. The summed E-state index contributed by atoms with van der Waals surface area (Å²) in [6, 6.07) is 0. The molecule has 4 nitrogen and oxygen atoms in total. The number of nitrogens with one attached hydrogen (secondary N) is 1. The zero-order chi connectivity index (χ0) is 11.8. The van der Waals surface area contributed by atoms with Gasteiger partial charge in [0.25, 0.3) is 0 Å². The Bertz CT molecular complexity index is 208. The first-order valence-electron chi connectivity index (χ1n) is 6.30. The van der Waals surface area contributed by atoms with Crippen molar-refractivity contribution in [3.8, 4) is 0 Å². The quantitative estimate of drug-likeness (QED) is 0.577. The largest absolute Gasteiger partial charge is 0.481 e. The molecule has 0 bridgehead atoms. The molecule has 0 amide bonds. The minimum atomic E-state index is -0.720. The van der Waals surface area contributed by atoms with E-state index in [-0.39, 0.29) is 12.5 Å². The fraction of sp³-hybridized carbons (Fsp3) is 0.917. The van der Waals surface area contributed by atoms with Crippen molar-refractivity contribution in [2.24, 2.45) is 5.92 Å². The van der Waals surface area contributed by atoms with Crippen LogP contribution in [0.4, 0.5) is 0 Å². The molecule has 0 aliphatic heterocycles. The fourth-order valence-electron chi connectivity index (χ4n) is 2.24. The van der Waals surface area contributed by atoms with E-state index >= 15 is 0 Å². The molecule has 1 fully saturated rings. The number of unbranched alkanes of at least 4 members (excludes halogenated alkanes) is 1. The van der Waals surface area contributed by atoms with E-state index in [4.69, 9.17) is 5.11 Å². The molecule has 1 rings (SSSR count). The maximum Gasteiger partial charge on any atom is 0.303 e. The second-order valence-electron chi connectivity index (χ2n) is 4.67. The van der Waals surface area contributed by atoms with Gasteiger partial charge in [0.05, 0.1) is 6.10 Å². The summed E-state index contributed by atoms with van der Waals surface area (Å²) < 4.78 is 0. The Morgan fingerprint density at radius 1 is 1.25 bits per heavy atom. The molecule has 0 aromatic rings. The van der Waals surface area contributed by atoms with Gasteiger partial charge in [0.15, 0.2) is 0 Å². The van der Waals surface area contributed by atoms with Crippen LogP contribution in [0.2, 0.25) is 0 Å². The number of rotatable bonds is 7. The van der Waals surface area contributed by atoms with Crippen LogP contribution < -0.4 is 5.32 Å². The molecule has 16 heavy (non-hydrogen) atoms. The Hall–Kier alpha value is -0.610. The highest BCUT2D eigenvalue weighted by atomic mass is 16.4. The van der Waals surface area contributed by atoms with Gasteiger partial charge in [-0.2, -0.15) is 0 Å². The summed E-state index contributed by atoms with van der Waals surface area (Å²) in [6.07, 6.45) is 6.17. The van der Waals surface area contributed by atoms with Gasteiger partial charge in [-0.05, 0) is 38.1 Å². The number of hydrogen-bond donors (Lipinski definition) is 3. The Labute approximate surface area is 97.0 Å². The van der Waals surface area contributed by atoms with Crippen molar-refractivity contribution < 1.29 is 15.0 Å². The Morgan fingerprint density at radius 3 is 2.69 bits per heavy atom. The van der Waals surface area contributed by atoms with Gasteiger partial charge >= 0.3 is 5.97 Å². The highest BCUT2D eigenvalue weighted by molar-refractivity contribution is 5.66. The fourth-order valence-corrected chi connectivity index (χ4v) is 2.24. The molecule has 0 radical (unpaired) electrons. The van der Waals surface area contributed by atoms with Crippen molar-refractivity contribution in [1.82, 2.24) is 5.32 Å². The summed E-state index contributed by atoms with van der Waals surface area (Å²) in [6.45, 7) is 1.73. The van der Waals surface area contributed by atoms with Crippen LogP contribution >= 0.6 is 0 Å². The number of aliphatic carboxylic acids is 1. The van der Waals surface area contributed by atoms with Gasteiger partial charge in [0.2, 0.25) is 0 Å². The lowest BCUT2D eigenvalue weighted by Crippen LogP contribution is -2.34. The van der Waals surface area contributed by atoms with Gasteiger partial charge in [-0.15, -0.1) is 0 Å². The number of aliphatic hydroxyl groups is 1. The molecule has 0 heterocycles. The molecule has 4 heteroatoms. The molecule has 94 valence electrons. The first-order chi connectivity index (χ1) is 7.70. The number of carboxylic acids is 1. The van der Waals surface area contributed by atoms with Crippen LogP contribution in [-0.2, 0) is 4.79 Å². The van der Waals surface area contributed by atoms with Crippen molar-refractivity contribution in [1.29, 1.82) is 0 Å². The van der Waals surface area contributed by atoms with Crippen molar-refractivity contribution in [2.75, 3.05) is 13.1 Å². The van der Waals surface area contributed by atoms with Crippen molar-refractivity contribution in [2.45, 2.75) is 51.0 Å². The van der Waals surface area contributed by atoms with Gasteiger partial charge in [-0.3, -0.25) is 4.79 Å². The highest BCUT2D eigenvalue weighted by Gasteiger charge is 2.21. The Kier molecular flexibility index (Phi) is 6.42. The second-order valence-corrected chi connectivity index (χ2v) is 4.67. The standard InChI is InChI=1S/C12H23NO3/c14-11-6-2-1-5-10(11)9-13-8-4-3-7-12(15)16/h10-11,13-14H,1-9H2,(H,15,16). The molecule has 1 aliphatic carbocycles. The van der Waals surface area contributed by atoms with E-state index < -0.39 is 5.97 Å². The monoisotopic (exact) mass is 229 g/mol. The van der Waals surface area contributed by atoms with Crippen LogP contribution in [0.1, 0.15) is 44.9 Å². The van der Waals surface area contributed by atoms with E-state index in [1.165, 1.54) is 6.42 Å². The Morgan fingerprint density at radius 2 is 2.00 bits per heavy atom. The molecule has 0 aromatic carbocycles. The number of hydrogen-bond acceptors (Lipinski definition) is 3. The zero-order valence-electron chi connectivity index (χ0n) is 9.82. The molecule has 1 saturated carbocycles. The second kappa shape index (κ2) is 7.63. The van der Waals surface area contributed by atoms with Gasteiger partial charge in [0.1, 0.15) is 0 Å². The van der Waals surface area contributed by atoms with Crippen LogP contribution in [0, 0.1) is 5.92 Å². The maximum absolute atomic E-state index is 10.3. The molecule has 2 atom stereocenters. The molecule has 0 aromatic heterocycles. The number of aliphatic hydroxyl groups excluding tert-OH is 1. The van der Waals surface area contributed by atoms with E-state index in [0.29, 0.717) is 5.92 Å². The predicted octanol–water partition coefficient (Wildman–Crippen LogP) is 1.38. The van der Waals surface area contributed by atoms with E-state index in [1.807, 2.05) is 0 Å². The third-order valence-electron chi connectivity index (χ3n) is 3.27. The first kappa shape index (κ1) is 13.5. The highest BCUT2D eigenvalue weighted by Crippen LogP contribution is 2.23. The van der Waals surface area contributed by atoms with Crippen molar-refractivity contribution in [3.05, 3.63) is 0 Å². The van der Waals surface area contributed by atoms with E-state index in [2.05, 4.69) is 5.32 Å². The van der Waals surface area contributed by atoms with Gasteiger partial charge < -0.3 is 15.5 Å². The van der Waals surface area contributed by atoms with Gasteiger partial charge in [0, 0.05) is 13.0 Å². The van der Waals surface area contributed by atoms with Crippen LogP contribution in [0.15, 0.2) is 0 Å². The summed E-state index contributed by atoms with van der Waals surface area (Å²) in [5.74, 6) is -0.323. The summed E-state index contributed by atoms with van der Waals surface area (Å²) >= 11 is 0. The number of carboxylic acid groups (broad SMARTS) is 1. The van der Waals surface area contributed by atoms with E-state index in [0.717, 1.165) is 45.2 Å². The summed E-state index contributed by atoms with van der Waals surface area (Å²) in [4.78, 5) is 10.3. The smallest absolute Gasteiger partial charge is 0.303 e. The molecule has 0 saturated heterocycles. The molecule has 2 unspecified atom stereocenters. The summed E-state index contributed by atoms with van der Waals surface area (Å²) in [7, 11) is 0. The van der Waals surface area contributed by atoms with Crippen molar-refractivity contribution >= 4 is 5.97 Å².